The van der Waals surface area contributed by atoms with Crippen molar-refractivity contribution in [3.8, 4) is 0 Å². The second-order valence-corrected chi connectivity index (χ2v) is 4.79. The molecule has 0 atom stereocenters. The molecule has 0 aliphatic carbocycles. The molecule has 0 unspecified atom stereocenters. The Labute approximate surface area is 100 Å². The number of nitrogens with one attached hydrogen (secondary N) is 1. The number of pyridine rings is 1. The minimum Gasteiger partial charge on any atom is -0.444 e. The summed E-state index contributed by atoms with van der Waals surface area (Å²) in [6, 6.07) is 1.33. The number of halogens is 1. The number of rotatable bonds is 2. The maximum absolute atomic E-state index is 12.7. The highest BCUT2D eigenvalue weighted by Gasteiger charge is 2.15. The predicted molar refractivity (Wildman–Crippen MR) is 62.0 cm³/mol. The number of alkyl carbamates (subject to hydrolysis) is 1. The molecule has 0 saturated heterocycles. The summed E-state index contributed by atoms with van der Waals surface area (Å²) in [5.41, 5.74) is 0.978. The van der Waals surface area contributed by atoms with Gasteiger partial charge in [-0.3, -0.25) is 0 Å². The molecule has 1 aromatic heterocycles. The van der Waals surface area contributed by atoms with Crippen molar-refractivity contribution < 1.29 is 13.9 Å². The number of hydrogen-bond donors (Lipinski definition) is 1. The van der Waals surface area contributed by atoms with E-state index in [1.54, 1.807) is 27.7 Å². The molecule has 0 aromatic carbocycles. The molecule has 0 saturated carbocycles. The van der Waals surface area contributed by atoms with Gasteiger partial charge in [0.25, 0.3) is 0 Å². The van der Waals surface area contributed by atoms with Crippen molar-refractivity contribution in [2.45, 2.75) is 39.8 Å². The van der Waals surface area contributed by atoms with Gasteiger partial charge in [-0.15, -0.1) is 0 Å². The molecule has 17 heavy (non-hydrogen) atoms. The average molecular weight is 240 g/mol. The molecule has 1 rings (SSSR count). The Morgan fingerprint density at radius 3 is 2.71 bits per heavy atom. The van der Waals surface area contributed by atoms with Crippen molar-refractivity contribution in [3.63, 3.8) is 0 Å². The predicted octanol–water partition coefficient (Wildman–Crippen LogP) is 2.55. The molecule has 0 aliphatic heterocycles. The number of carbonyl (C=O) groups excluding carboxylic acids is 1. The minimum atomic E-state index is -0.528. The van der Waals surface area contributed by atoms with Crippen LogP contribution in [0.25, 0.3) is 0 Å². The smallest absolute Gasteiger partial charge is 0.407 e. The van der Waals surface area contributed by atoms with Gasteiger partial charge in [0.15, 0.2) is 0 Å². The second kappa shape index (κ2) is 5.12. The zero-order valence-electron chi connectivity index (χ0n) is 10.5. The van der Waals surface area contributed by atoms with E-state index in [4.69, 9.17) is 4.74 Å². The fraction of sp³-hybridized carbons (Fsp3) is 0.500. The molecule has 1 heterocycles. The first-order valence-corrected chi connectivity index (χ1v) is 5.36. The third-order valence-electron chi connectivity index (χ3n) is 2.01. The van der Waals surface area contributed by atoms with Gasteiger partial charge in [-0.25, -0.2) is 9.78 Å². The highest BCUT2D eigenvalue weighted by atomic mass is 19.1. The number of amides is 1. The SMILES string of the molecule is Cc1cc(F)ncc1CNC(=O)OC(C)(C)C. The van der Waals surface area contributed by atoms with Crippen LogP contribution >= 0.6 is 0 Å². The van der Waals surface area contributed by atoms with Crippen LogP contribution in [0.15, 0.2) is 12.3 Å². The molecule has 5 heteroatoms. The molecule has 0 aliphatic rings. The highest BCUT2D eigenvalue weighted by molar-refractivity contribution is 5.67. The van der Waals surface area contributed by atoms with Gasteiger partial charge in [0.1, 0.15) is 5.60 Å². The lowest BCUT2D eigenvalue weighted by Gasteiger charge is -2.19. The van der Waals surface area contributed by atoms with Crippen LogP contribution in [0, 0.1) is 12.9 Å². The molecule has 1 amide bonds. The van der Waals surface area contributed by atoms with Gasteiger partial charge >= 0.3 is 6.09 Å². The van der Waals surface area contributed by atoms with E-state index in [1.807, 2.05) is 0 Å². The maximum atomic E-state index is 12.7. The summed E-state index contributed by atoms with van der Waals surface area (Å²) >= 11 is 0. The Balaban J connectivity index is 2.53. The topological polar surface area (TPSA) is 51.2 Å². The van der Waals surface area contributed by atoms with Gasteiger partial charge in [-0.05, 0) is 44.9 Å². The zero-order valence-corrected chi connectivity index (χ0v) is 10.5. The Morgan fingerprint density at radius 1 is 1.53 bits per heavy atom. The quantitative estimate of drug-likeness (QED) is 0.808. The third-order valence-corrected chi connectivity index (χ3v) is 2.01. The molecule has 1 N–H and O–H groups in total. The fourth-order valence-electron chi connectivity index (χ4n) is 1.22. The van der Waals surface area contributed by atoms with Crippen LogP contribution in [0.2, 0.25) is 0 Å². The van der Waals surface area contributed by atoms with Crippen molar-refractivity contribution in [2.75, 3.05) is 0 Å². The first-order chi connectivity index (χ1) is 7.78. The van der Waals surface area contributed by atoms with Gasteiger partial charge in [0, 0.05) is 12.7 Å². The summed E-state index contributed by atoms with van der Waals surface area (Å²) in [5.74, 6) is -0.525. The van der Waals surface area contributed by atoms with Crippen LogP contribution in [0.1, 0.15) is 31.9 Å². The van der Waals surface area contributed by atoms with E-state index >= 15 is 0 Å². The van der Waals surface area contributed by atoms with Crippen LogP contribution in [-0.2, 0) is 11.3 Å². The second-order valence-electron chi connectivity index (χ2n) is 4.79. The summed E-state index contributed by atoms with van der Waals surface area (Å²) in [5, 5.41) is 2.59. The molecular weight excluding hydrogens is 223 g/mol. The molecule has 4 nitrogen and oxygen atoms in total. The minimum absolute atomic E-state index is 0.272. The average Bonchev–Trinajstić information content (AvgIpc) is 2.13. The molecule has 94 valence electrons. The van der Waals surface area contributed by atoms with Crippen molar-refractivity contribution in [1.82, 2.24) is 10.3 Å². The zero-order chi connectivity index (χ0) is 13.1. The van der Waals surface area contributed by atoms with E-state index in [0.717, 1.165) is 11.1 Å². The first-order valence-electron chi connectivity index (χ1n) is 5.36. The largest absolute Gasteiger partial charge is 0.444 e. The molecule has 1 aromatic rings. The van der Waals surface area contributed by atoms with Gasteiger partial charge in [-0.2, -0.15) is 4.39 Å². The molecule has 0 fully saturated rings. The standard InChI is InChI=1S/C12H17FN2O2/c1-8-5-10(13)14-6-9(8)7-15-11(16)17-12(2,3)4/h5-6H,7H2,1-4H3,(H,15,16). The van der Waals surface area contributed by atoms with Gasteiger partial charge in [-0.1, -0.05) is 0 Å². The number of hydrogen-bond acceptors (Lipinski definition) is 3. The van der Waals surface area contributed by atoms with Crippen LogP contribution in [0.3, 0.4) is 0 Å². The normalized spacial score (nSPS) is 11.1. The Kier molecular flexibility index (Phi) is 4.04. The summed E-state index contributed by atoms with van der Waals surface area (Å²) in [6.45, 7) is 7.40. The van der Waals surface area contributed by atoms with E-state index < -0.39 is 17.6 Å². The Bertz CT molecular complexity index is 413. The highest BCUT2D eigenvalue weighted by Crippen LogP contribution is 2.09. The molecule has 0 bridgehead atoms. The van der Waals surface area contributed by atoms with E-state index in [0.29, 0.717) is 0 Å². The van der Waals surface area contributed by atoms with Crippen LogP contribution in [-0.4, -0.2) is 16.7 Å². The third kappa shape index (κ3) is 4.80. The maximum Gasteiger partial charge on any atom is 0.407 e. The van der Waals surface area contributed by atoms with E-state index in [1.165, 1.54) is 12.3 Å². The number of nitrogens with zero attached hydrogens (tertiary/aromatic N) is 1. The fourth-order valence-corrected chi connectivity index (χ4v) is 1.22. The van der Waals surface area contributed by atoms with Crippen LogP contribution in [0.5, 0.6) is 0 Å². The van der Waals surface area contributed by atoms with Crippen molar-refractivity contribution in [1.29, 1.82) is 0 Å². The lowest BCUT2D eigenvalue weighted by molar-refractivity contribution is 0.0523. The number of carbonyl (C=O) groups is 1. The van der Waals surface area contributed by atoms with Crippen molar-refractivity contribution >= 4 is 6.09 Å². The van der Waals surface area contributed by atoms with Gasteiger partial charge in [0.05, 0.1) is 0 Å². The first kappa shape index (κ1) is 13.4. The van der Waals surface area contributed by atoms with E-state index in [2.05, 4.69) is 10.3 Å². The van der Waals surface area contributed by atoms with Gasteiger partial charge < -0.3 is 10.1 Å². The van der Waals surface area contributed by atoms with Crippen molar-refractivity contribution in [3.05, 3.63) is 29.3 Å². The number of ether oxygens (including phenoxy) is 1. The van der Waals surface area contributed by atoms with Crippen LogP contribution < -0.4 is 5.32 Å². The van der Waals surface area contributed by atoms with E-state index in [9.17, 15) is 9.18 Å². The summed E-state index contributed by atoms with van der Waals surface area (Å²) in [4.78, 5) is 14.9. The molecule has 0 radical (unpaired) electrons. The lowest BCUT2D eigenvalue weighted by atomic mass is 10.1. The van der Waals surface area contributed by atoms with E-state index in [-0.39, 0.29) is 6.54 Å². The van der Waals surface area contributed by atoms with Crippen molar-refractivity contribution in [2.24, 2.45) is 0 Å². The molecular formula is C12H17FN2O2. The summed E-state index contributed by atoms with van der Waals surface area (Å²) in [6.07, 6.45) is 0.906. The number of aromatic nitrogens is 1. The Morgan fingerprint density at radius 2 is 2.18 bits per heavy atom. The number of aryl methyl sites for hydroxylation is 1. The van der Waals surface area contributed by atoms with Crippen LogP contribution in [0.4, 0.5) is 9.18 Å². The van der Waals surface area contributed by atoms with Gasteiger partial charge in [0.2, 0.25) is 5.95 Å². The lowest BCUT2D eigenvalue weighted by Crippen LogP contribution is -2.32. The summed E-state index contributed by atoms with van der Waals surface area (Å²) in [7, 11) is 0. The summed E-state index contributed by atoms with van der Waals surface area (Å²) < 4.78 is 17.8. The monoisotopic (exact) mass is 240 g/mol. The molecule has 0 spiro atoms. The Hall–Kier alpha value is -1.65.